The maximum Gasteiger partial charge on any atom is 0.322 e. The van der Waals surface area contributed by atoms with Crippen molar-refractivity contribution in [3.8, 4) is 0 Å². The van der Waals surface area contributed by atoms with E-state index in [1.165, 1.54) is 7.11 Å². The molecule has 1 saturated heterocycles. The number of methoxy groups -OCH3 is 1. The third kappa shape index (κ3) is 4.61. The van der Waals surface area contributed by atoms with Crippen molar-refractivity contribution < 1.29 is 19.1 Å². The molecular weight excluding hydrogens is 296 g/mol. The van der Waals surface area contributed by atoms with Crippen LogP contribution in [0.5, 0.6) is 0 Å². The summed E-state index contributed by atoms with van der Waals surface area (Å²) in [5.74, 6) is -0.350. The predicted molar refractivity (Wildman–Crippen MR) is 78.4 cm³/mol. The largest absolute Gasteiger partial charge is 0.469 e. The zero-order valence-electron chi connectivity index (χ0n) is 11.7. The number of nitrogens with one attached hydrogen (secondary N) is 1. The average molecular weight is 313 g/mol. The lowest BCUT2D eigenvalue weighted by Gasteiger charge is -2.32. The molecule has 1 aromatic rings. The number of anilines is 1. The molecule has 0 spiro atoms. The van der Waals surface area contributed by atoms with Gasteiger partial charge >= 0.3 is 12.0 Å². The maximum atomic E-state index is 12.2. The zero-order chi connectivity index (χ0) is 15.2. The standard InChI is InChI=1S/C14H17ClN2O4/c1-20-13(18)8-12-9-17(5-6-21-12)14(19)16-11-4-2-3-10(15)7-11/h2-4,7,12H,5-6,8-9H2,1H3,(H,16,19). The van der Waals surface area contributed by atoms with Gasteiger partial charge in [-0.05, 0) is 18.2 Å². The second-order valence-electron chi connectivity index (χ2n) is 4.66. The SMILES string of the molecule is COC(=O)CC1CN(C(=O)Nc2cccc(Cl)c2)CCO1. The molecule has 1 unspecified atom stereocenters. The molecule has 2 rings (SSSR count). The Kier molecular flexibility index (Phi) is 5.41. The number of morpholine rings is 1. The number of amides is 2. The average Bonchev–Trinajstić information content (AvgIpc) is 2.47. The fourth-order valence-corrected chi connectivity index (χ4v) is 2.26. The maximum absolute atomic E-state index is 12.2. The Balaban J connectivity index is 1.91. The Hall–Kier alpha value is -1.79. The lowest BCUT2D eigenvalue weighted by Crippen LogP contribution is -2.48. The van der Waals surface area contributed by atoms with Crippen LogP contribution in [0.25, 0.3) is 0 Å². The number of ether oxygens (including phenoxy) is 2. The van der Waals surface area contributed by atoms with Crippen molar-refractivity contribution >= 4 is 29.3 Å². The molecule has 114 valence electrons. The molecule has 21 heavy (non-hydrogen) atoms. The highest BCUT2D eigenvalue weighted by Crippen LogP contribution is 2.16. The predicted octanol–water partition coefficient (Wildman–Crippen LogP) is 2.14. The van der Waals surface area contributed by atoms with Crippen LogP contribution in [0.3, 0.4) is 0 Å². The van der Waals surface area contributed by atoms with E-state index in [2.05, 4.69) is 10.1 Å². The van der Waals surface area contributed by atoms with Crippen molar-refractivity contribution in [3.05, 3.63) is 29.3 Å². The minimum Gasteiger partial charge on any atom is -0.469 e. The summed E-state index contributed by atoms with van der Waals surface area (Å²) in [7, 11) is 1.33. The summed E-state index contributed by atoms with van der Waals surface area (Å²) in [6.07, 6.45) is -0.200. The van der Waals surface area contributed by atoms with Crippen molar-refractivity contribution in [1.29, 1.82) is 0 Å². The van der Waals surface area contributed by atoms with Gasteiger partial charge in [-0.2, -0.15) is 0 Å². The molecule has 0 saturated carbocycles. The Labute approximate surface area is 128 Å². The molecule has 6 nitrogen and oxygen atoms in total. The number of halogens is 1. The number of urea groups is 1. The summed E-state index contributed by atoms with van der Waals surface area (Å²) in [5, 5.41) is 3.33. The fraction of sp³-hybridized carbons (Fsp3) is 0.429. The van der Waals surface area contributed by atoms with Crippen LogP contribution in [-0.4, -0.2) is 49.8 Å². The van der Waals surface area contributed by atoms with Crippen LogP contribution < -0.4 is 5.32 Å². The highest BCUT2D eigenvalue weighted by Gasteiger charge is 2.26. The second-order valence-corrected chi connectivity index (χ2v) is 5.10. The molecule has 1 N–H and O–H groups in total. The lowest BCUT2D eigenvalue weighted by atomic mass is 10.2. The van der Waals surface area contributed by atoms with Crippen LogP contribution in [-0.2, 0) is 14.3 Å². The van der Waals surface area contributed by atoms with Gasteiger partial charge in [-0.3, -0.25) is 4.79 Å². The summed E-state index contributed by atoms with van der Waals surface area (Å²) >= 11 is 5.87. The number of nitrogens with zero attached hydrogens (tertiary/aromatic N) is 1. The summed E-state index contributed by atoms with van der Waals surface area (Å²) in [4.78, 5) is 25.0. The van der Waals surface area contributed by atoms with Crippen LogP contribution in [0.4, 0.5) is 10.5 Å². The Bertz CT molecular complexity index is 523. The zero-order valence-corrected chi connectivity index (χ0v) is 12.4. The molecule has 1 aliphatic heterocycles. The fourth-order valence-electron chi connectivity index (χ4n) is 2.07. The van der Waals surface area contributed by atoms with Crippen LogP contribution >= 0.6 is 11.6 Å². The molecule has 0 aliphatic carbocycles. The monoisotopic (exact) mass is 312 g/mol. The molecule has 2 amide bonds. The van der Waals surface area contributed by atoms with Crippen LogP contribution in [0, 0.1) is 0 Å². The number of hydrogen-bond acceptors (Lipinski definition) is 4. The molecular formula is C14H17ClN2O4. The first-order chi connectivity index (χ1) is 10.1. The first-order valence-electron chi connectivity index (χ1n) is 6.58. The van der Waals surface area contributed by atoms with Crippen LogP contribution in [0.2, 0.25) is 5.02 Å². The van der Waals surface area contributed by atoms with E-state index in [0.717, 1.165) is 0 Å². The van der Waals surface area contributed by atoms with Gasteiger partial charge < -0.3 is 19.7 Å². The third-order valence-corrected chi connectivity index (χ3v) is 3.36. The molecule has 1 heterocycles. The van der Waals surface area contributed by atoms with Crippen LogP contribution in [0.1, 0.15) is 6.42 Å². The lowest BCUT2D eigenvalue weighted by molar-refractivity contribution is -0.145. The molecule has 0 radical (unpaired) electrons. The molecule has 1 fully saturated rings. The van der Waals surface area contributed by atoms with Gasteiger partial charge in [-0.1, -0.05) is 17.7 Å². The number of rotatable bonds is 3. The number of benzene rings is 1. The smallest absolute Gasteiger partial charge is 0.322 e. The topological polar surface area (TPSA) is 67.9 Å². The van der Waals surface area contributed by atoms with Crippen molar-refractivity contribution in [2.45, 2.75) is 12.5 Å². The summed E-state index contributed by atoms with van der Waals surface area (Å²) in [5.41, 5.74) is 0.628. The third-order valence-electron chi connectivity index (χ3n) is 3.12. The van der Waals surface area contributed by atoms with E-state index in [9.17, 15) is 9.59 Å². The van der Waals surface area contributed by atoms with E-state index in [0.29, 0.717) is 30.4 Å². The Morgan fingerprint density at radius 2 is 2.33 bits per heavy atom. The van der Waals surface area contributed by atoms with Gasteiger partial charge in [0.05, 0.1) is 26.2 Å². The van der Waals surface area contributed by atoms with Crippen molar-refractivity contribution in [1.82, 2.24) is 4.90 Å². The molecule has 7 heteroatoms. The minimum atomic E-state index is -0.350. The van der Waals surface area contributed by atoms with Crippen molar-refractivity contribution in [2.75, 3.05) is 32.1 Å². The molecule has 1 aromatic carbocycles. The Morgan fingerprint density at radius 1 is 1.52 bits per heavy atom. The van der Waals surface area contributed by atoms with E-state index < -0.39 is 0 Å². The molecule has 1 atom stereocenters. The van der Waals surface area contributed by atoms with Gasteiger partial charge in [0.15, 0.2) is 0 Å². The number of esters is 1. The van der Waals surface area contributed by atoms with Gasteiger partial charge in [-0.15, -0.1) is 0 Å². The molecule has 0 aromatic heterocycles. The van der Waals surface area contributed by atoms with E-state index >= 15 is 0 Å². The number of hydrogen-bond donors (Lipinski definition) is 1. The minimum absolute atomic E-state index is 0.136. The molecule has 0 bridgehead atoms. The summed E-state index contributed by atoms with van der Waals surface area (Å²) in [6.45, 7) is 1.22. The normalized spacial score (nSPS) is 18.2. The molecule has 1 aliphatic rings. The van der Waals surface area contributed by atoms with Crippen molar-refractivity contribution in [2.24, 2.45) is 0 Å². The van der Waals surface area contributed by atoms with Gasteiger partial charge in [0.2, 0.25) is 0 Å². The van der Waals surface area contributed by atoms with Gasteiger partial charge in [0.1, 0.15) is 0 Å². The highest BCUT2D eigenvalue weighted by atomic mass is 35.5. The van der Waals surface area contributed by atoms with E-state index in [1.807, 2.05) is 0 Å². The summed E-state index contributed by atoms with van der Waals surface area (Å²) in [6, 6.07) is 6.69. The first-order valence-corrected chi connectivity index (χ1v) is 6.96. The quantitative estimate of drug-likeness (QED) is 0.868. The second kappa shape index (κ2) is 7.28. The van der Waals surface area contributed by atoms with E-state index in [-0.39, 0.29) is 24.5 Å². The van der Waals surface area contributed by atoms with Crippen molar-refractivity contribution in [3.63, 3.8) is 0 Å². The van der Waals surface area contributed by atoms with Gasteiger partial charge in [0.25, 0.3) is 0 Å². The van der Waals surface area contributed by atoms with Gasteiger partial charge in [-0.25, -0.2) is 4.79 Å². The first kappa shape index (κ1) is 15.6. The number of carbonyl (C=O) groups excluding carboxylic acids is 2. The summed E-state index contributed by atoms with van der Waals surface area (Å²) < 4.78 is 10.1. The van der Waals surface area contributed by atoms with E-state index in [1.54, 1.807) is 29.2 Å². The van der Waals surface area contributed by atoms with Crippen LogP contribution in [0.15, 0.2) is 24.3 Å². The highest BCUT2D eigenvalue weighted by molar-refractivity contribution is 6.30. The Morgan fingerprint density at radius 3 is 3.05 bits per heavy atom. The number of carbonyl (C=O) groups is 2. The van der Waals surface area contributed by atoms with E-state index in [4.69, 9.17) is 16.3 Å². The van der Waals surface area contributed by atoms with Gasteiger partial charge in [0, 0.05) is 23.8 Å².